The zero-order chi connectivity index (χ0) is 13.8. The lowest BCUT2D eigenvalue weighted by atomic mass is 9.73. The Morgan fingerprint density at radius 3 is 2.32 bits per heavy atom. The number of benzene rings is 1. The maximum absolute atomic E-state index is 11.2. The van der Waals surface area contributed by atoms with Crippen molar-refractivity contribution in [3.05, 3.63) is 34.9 Å². The van der Waals surface area contributed by atoms with Crippen LogP contribution in [0.15, 0.2) is 24.3 Å². The molecule has 0 spiro atoms. The molecule has 0 aliphatic heterocycles. The van der Waals surface area contributed by atoms with Crippen LogP contribution in [0.5, 0.6) is 0 Å². The van der Waals surface area contributed by atoms with Crippen molar-refractivity contribution in [1.82, 2.24) is 0 Å². The summed E-state index contributed by atoms with van der Waals surface area (Å²) in [5, 5.41) is 10.00. The van der Waals surface area contributed by atoms with Crippen LogP contribution in [0.1, 0.15) is 50.5 Å². The number of hydrogen-bond donors (Lipinski definition) is 1. The molecular weight excluding hydrogens is 260 g/mol. The smallest absolute Gasteiger partial charge is 0.306 e. The van der Waals surface area contributed by atoms with Gasteiger partial charge in [0.05, 0.1) is 5.92 Å². The molecule has 1 aromatic rings. The molecule has 1 aliphatic carbocycles. The third-order valence-electron chi connectivity index (χ3n) is 4.44. The average Bonchev–Trinajstić information content (AvgIpc) is 2.41. The van der Waals surface area contributed by atoms with E-state index in [0.29, 0.717) is 11.8 Å². The molecule has 0 heterocycles. The van der Waals surface area contributed by atoms with Gasteiger partial charge in [-0.3, -0.25) is 4.79 Å². The maximum Gasteiger partial charge on any atom is 0.306 e. The monoisotopic (exact) mass is 280 g/mol. The van der Waals surface area contributed by atoms with Gasteiger partial charge < -0.3 is 5.11 Å². The summed E-state index contributed by atoms with van der Waals surface area (Å²) in [4.78, 5) is 11.2. The minimum absolute atomic E-state index is 0.161. The minimum Gasteiger partial charge on any atom is -0.481 e. The van der Waals surface area contributed by atoms with Crippen LogP contribution >= 0.6 is 11.6 Å². The van der Waals surface area contributed by atoms with Gasteiger partial charge in [0, 0.05) is 5.02 Å². The van der Waals surface area contributed by atoms with E-state index in [1.165, 1.54) is 5.56 Å². The van der Waals surface area contributed by atoms with Crippen LogP contribution < -0.4 is 0 Å². The quantitative estimate of drug-likeness (QED) is 0.866. The Hall–Kier alpha value is -1.02. The van der Waals surface area contributed by atoms with Gasteiger partial charge in [0.1, 0.15) is 0 Å². The first-order valence-electron chi connectivity index (χ1n) is 7.10. The van der Waals surface area contributed by atoms with Gasteiger partial charge >= 0.3 is 5.97 Å². The number of rotatable bonds is 4. The van der Waals surface area contributed by atoms with Gasteiger partial charge in [-0.25, -0.2) is 0 Å². The molecule has 1 fully saturated rings. The maximum atomic E-state index is 11.2. The van der Waals surface area contributed by atoms with E-state index in [2.05, 4.69) is 12.1 Å². The van der Waals surface area contributed by atoms with Crippen LogP contribution in [0.25, 0.3) is 0 Å². The summed E-state index contributed by atoms with van der Waals surface area (Å²) in [5.41, 5.74) is 1.34. The molecule has 0 saturated heterocycles. The van der Waals surface area contributed by atoms with Gasteiger partial charge in [-0.2, -0.15) is 0 Å². The Morgan fingerprint density at radius 2 is 1.84 bits per heavy atom. The fourth-order valence-corrected chi connectivity index (χ4v) is 3.43. The molecule has 1 atom stereocenters. The molecule has 104 valence electrons. The predicted octanol–water partition coefficient (Wildman–Crippen LogP) is 4.72. The van der Waals surface area contributed by atoms with E-state index in [-0.39, 0.29) is 5.92 Å². The molecule has 0 bridgehead atoms. The number of hydrogen-bond acceptors (Lipinski definition) is 1. The van der Waals surface area contributed by atoms with Crippen molar-refractivity contribution in [2.75, 3.05) is 0 Å². The molecule has 19 heavy (non-hydrogen) atoms. The minimum atomic E-state index is -0.627. The second kappa shape index (κ2) is 6.42. The third kappa shape index (κ3) is 3.50. The highest BCUT2D eigenvalue weighted by Gasteiger charge is 2.31. The van der Waals surface area contributed by atoms with Gasteiger partial charge in [0.2, 0.25) is 0 Å². The Labute approximate surface area is 119 Å². The number of carboxylic acids is 1. The van der Waals surface area contributed by atoms with Crippen LogP contribution in [0.4, 0.5) is 0 Å². The molecule has 2 rings (SSSR count). The number of aliphatic carboxylic acids is 1. The normalized spacial score (nSPS) is 24.9. The van der Waals surface area contributed by atoms with Gasteiger partial charge in [0.15, 0.2) is 0 Å². The van der Waals surface area contributed by atoms with Gasteiger partial charge in [-0.1, -0.05) is 30.7 Å². The molecule has 2 nitrogen and oxygen atoms in total. The van der Waals surface area contributed by atoms with Crippen molar-refractivity contribution in [3.63, 3.8) is 0 Å². The molecule has 1 aromatic carbocycles. The molecule has 0 amide bonds. The van der Waals surface area contributed by atoms with E-state index in [4.69, 9.17) is 11.6 Å². The first-order chi connectivity index (χ1) is 9.11. The summed E-state index contributed by atoms with van der Waals surface area (Å²) in [5.74, 6) is 0.134. The van der Waals surface area contributed by atoms with Crippen molar-refractivity contribution in [2.24, 2.45) is 11.8 Å². The van der Waals surface area contributed by atoms with E-state index in [0.717, 1.165) is 37.1 Å². The second-order valence-electron chi connectivity index (χ2n) is 5.52. The van der Waals surface area contributed by atoms with Crippen LogP contribution in [-0.4, -0.2) is 11.1 Å². The zero-order valence-corrected chi connectivity index (χ0v) is 12.1. The SMILES string of the molecule is CCC(C(=O)O)[C@H]1CC[C@H](c2ccc(Cl)cc2)CC1. The highest BCUT2D eigenvalue weighted by molar-refractivity contribution is 6.30. The topological polar surface area (TPSA) is 37.3 Å². The predicted molar refractivity (Wildman–Crippen MR) is 77.6 cm³/mol. The van der Waals surface area contributed by atoms with Crippen molar-refractivity contribution >= 4 is 17.6 Å². The van der Waals surface area contributed by atoms with E-state index in [1.54, 1.807) is 0 Å². The first kappa shape index (κ1) is 14.4. The van der Waals surface area contributed by atoms with E-state index in [9.17, 15) is 9.90 Å². The molecule has 0 aromatic heterocycles. The standard InChI is InChI=1S/C16H21ClO2/c1-2-15(16(18)19)13-5-3-11(4-6-13)12-7-9-14(17)10-8-12/h7-11,13,15H,2-6H2,1H3,(H,18,19)/t11-,13-,15?. The Balaban J connectivity index is 1.95. The first-order valence-corrected chi connectivity index (χ1v) is 7.48. The summed E-state index contributed by atoms with van der Waals surface area (Å²) < 4.78 is 0. The van der Waals surface area contributed by atoms with E-state index < -0.39 is 5.97 Å². The molecule has 1 N–H and O–H groups in total. The van der Waals surface area contributed by atoms with Crippen molar-refractivity contribution in [1.29, 1.82) is 0 Å². The summed E-state index contributed by atoms with van der Waals surface area (Å²) in [7, 11) is 0. The van der Waals surface area contributed by atoms with Crippen LogP contribution in [-0.2, 0) is 4.79 Å². The summed E-state index contributed by atoms with van der Waals surface area (Å²) in [6, 6.07) is 8.08. The lowest BCUT2D eigenvalue weighted by Gasteiger charge is -2.32. The molecule has 0 radical (unpaired) electrons. The Morgan fingerprint density at radius 1 is 1.26 bits per heavy atom. The van der Waals surface area contributed by atoms with Crippen LogP contribution in [0, 0.1) is 11.8 Å². The number of carboxylic acid groups (broad SMARTS) is 1. The molecule has 1 saturated carbocycles. The summed E-state index contributed by atoms with van der Waals surface area (Å²) >= 11 is 5.90. The zero-order valence-electron chi connectivity index (χ0n) is 11.3. The van der Waals surface area contributed by atoms with Crippen LogP contribution in [0.2, 0.25) is 5.02 Å². The van der Waals surface area contributed by atoms with Crippen molar-refractivity contribution in [3.8, 4) is 0 Å². The molecule has 1 aliphatic rings. The second-order valence-corrected chi connectivity index (χ2v) is 5.95. The van der Waals surface area contributed by atoms with Crippen molar-refractivity contribution in [2.45, 2.75) is 44.9 Å². The highest BCUT2D eigenvalue weighted by atomic mass is 35.5. The molecular formula is C16H21ClO2. The lowest BCUT2D eigenvalue weighted by molar-refractivity contribution is -0.144. The largest absolute Gasteiger partial charge is 0.481 e. The summed E-state index contributed by atoms with van der Waals surface area (Å²) in [6.07, 6.45) is 4.98. The van der Waals surface area contributed by atoms with Crippen molar-refractivity contribution < 1.29 is 9.90 Å². The fraction of sp³-hybridized carbons (Fsp3) is 0.562. The van der Waals surface area contributed by atoms with Gasteiger partial charge in [-0.05, 0) is 61.6 Å². The van der Waals surface area contributed by atoms with Gasteiger partial charge in [-0.15, -0.1) is 0 Å². The Bertz CT molecular complexity index is 419. The van der Waals surface area contributed by atoms with Crippen LogP contribution in [0.3, 0.4) is 0 Å². The summed E-state index contributed by atoms with van der Waals surface area (Å²) in [6.45, 7) is 1.98. The van der Waals surface area contributed by atoms with Gasteiger partial charge in [0.25, 0.3) is 0 Å². The molecule has 3 heteroatoms. The molecule has 1 unspecified atom stereocenters. The number of carbonyl (C=O) groups is 1. The third-order valence-corrected chi connectivity index (χ3v) is 4.69. The fourth-order valence-electron chi connectivity index (χ4n) is 3.30. The lowest BCUT2D eigenvalue weighted by Crippen LogP contribution is -2.26. The highest BCUT2D eigenvalue weighted by Crippen LogP contribution is 2.39. The average molecular weight is 281 g/mol. The number of halogens is 1. The van der Waals surface area contributed by atoms with E-state index in [1.807, 2.05) is 19.1 Å². The Kier molecular flexibility index (Phi) is 4.87. The van der Waals surface area contributed by atoms with E-state index >= 15 is 0 Å².